The molecule has 4 heteroatoms. The molecule has 148 valence electrons. The quantitative estimate of drug-likeness (QED) is 0.823. The molecule has 1 amide bonds. The lowest BCUT2D eigenvalue weighted by atomic mass is 9.59. The summed E-state index contributed by atoms with van der Waals surface area (Å²) in [6.45, 7) is 9.58. The van der Waals surface area contributed by atoms with Gasteiger partial charge in [0.15, 0.2) is 0 Å². The van der Waals surface area contributed by atoms with Gasteiger partial charge in [0.2, 0.25) is 5.91 Å². The first-order valence-electron chi connectivity index (χ1n) is 10.4. The van der Waals surface area contributed by atoms with E-state index in [1.807, 2.05) is 12.1 Å². The summed E-state index contributed by atoms with van der Waals surface area (Å²) < 4.78 is 6.24. The number of hydrogen-bond donors (Lipinski definition) is 2. The lowest BCUT2D eigenvalue weighted by molar-refractivity contribution is -0.137. The second-order valence-corrected chi connectivity index (χ2v) is 10.0. The minimum Gasteiger partial charge on any atom is -0.508 e. The molecule has 1 heterocycles. The van der Waals surface area contributed by atoms with Gasteiger partial charge < -0.3 is 15.2 Å². The van der Waals surface area contributed by atoms with Gasteiger partial charge in [-0.3, -0.25) is 4.79 Å². The fraction of sp³-hybridized carbons (Fsp3) is 0.696. The second kappa shape index (κ2) is 6.51. The van der Waals surface area contributed by atoms with Crippen molar-refractivity contribution in [3.05, 3.63) is 29.8 Å². The fourth-order valence-electron chi connectivity index (χ4n) is 6.41. The van der Waals surface area contributed by atoms with Gasteiger partial charge in [0.05, 0.1) is 6.10 Å². The van der Waals surface area contributed by atoms with Gasteiger partial charge >= 0.3 is 0 Å². The first kappa shape index (κ1) is 18.8. The average Bonchev–Trinajstić information content (AvgIpc) is 3.07. The molecule has 2 saturated carbocycles. The number of carbonyl (C=O) groups excluding carboxylic acids is 1. The number of ether oxygens (including phenoxy) is 1. The van der Waals surface area contributed by atoms with Gasteiger partial charge in [-0.1, -0.05) is 39.8 Å². The maximum absolute atomic E-state index is 12.7. The molecular weight excluding hydrogens is 338 g/mol. The third-order valence-electron chi connectivity index (χ3n) is 7.60. The molecule has 3 fully saturated rings. The van der Waals surface area contributed by atoms with Crippen molar-refractivity contribution in [2.24, 2.45) is 28.6 Å². The molecule has 2 N–H and O–H groups in total. The number of rotatable bonds is 4. The van der Waals surface area contributed by atoms with Crippen LogP contribution in [0.3, 0.4) is 0 Å². The zero-order valence-electron chi connectivity index (χ0n) is 17.0. The monoisotopic (exact) mass is 371 g/mol. The molecule has 1 aromatic rings. The molecule has 1 aliphatic heterocycles. The molecule has 1 spiro atoms. The molecule has 5 atom stereocenters. The Labute approximate surface area is 162 Å². The summed E-state index contributed by atoms with van der Waals surface area (Å²) in [6, 6.07) is 7.71. The van der Waals surface area contributed by atoms with Crippen molar-refractivity contribution in [2.45, 2.75) is 65.5 Å². The van der Waals surface area contributed by atoms with E-state index in [4.69, 9.17) is 4.74 Å². The van der Waals surface area contributed by atoms with E-state index in [-0.39, 0.29) is 28.9 Å². The number of amides is 1. The van der Waals surface area contributed by atoms with Crippen LogP contribution in [0.2, 0.25) is 0 Å². The van der Waals surface area contributed by atoms with Crippen LogP contribution in [0.15, 0.2) is 24.3 Å². The van der Waals surface area contributed by atoms with E-state index in [2.05, 4.69) is 39.1 Å². The minimum absolute atomic E-state index is 0.0106. The molecule has 0 aromatic heterocycles. The third-order valence-corrected chi connectivity index (χ3v) is 7.60. The van der Waals surface area contributed by atoms with Crippen LogP contribution >= 0.6 is 0 Å². The summed E-state index contributed by atoms with van der Waals surface area (Å²) in [7, 11) is 0. The van der Waals surface area contributed by atoms with Crippen molar-refractivity contribution < 1.29 is 14.6 Å². The summed E-state index contributed by atoms with van der Waals surface area (Å²) in [4.78, 5) is 12.7. The molecule has 2 aliphatic carbocycles. The number of phenolic OH excluding ortho intramolecular Hbond substituents is 1. The topological polar surface area (TPSA) is 58.6 Å². The molecule has 4 rings (SSSR count). The highest BCUT2D eigenvalue weighted by atomic mass is 16.5. The summed E-state index contributed by atoms with van der Waals surface area (Å²) in [5.41, 5.74) is 1.29. The average molecular weight is 372 g/mol. The Morgan fingerprint density at radius 3 is 2.85 bits per heavy atom. The minimum atomic E-state index is 0.0106. The Morgan fingerprint density at radius 1 is 1.37 bits per heavy atom. The van der Waals surface area contributed by atoms with Gasteiger partial charge in [-0.15, -0.1) is 0 Å². The molecule has 2 bridgehead atoms. The number of benzene rings is 1. The van der Waals surface area contributed by atoms with Gasteiger partial charge in [-0.05, 0) is 65.5 Å². The molecule has 1 unspecified atom stereocenters. The Hall–Kier alpha value is -1.55. The van der Waals surface area contributed by atoms with E-state index in [1.165, 1.54) is 6.42 Å². The zero-order valence-corrected chi connectivity index (χ0v) is 17.0. The first-order valence-corrected chi connectivity index (χ1v) is 10.4. The largest absolute Gasteiger partial charge is 0.508 e. The van der Waals surface area contributed by atoms with Crippen molar-refractivity contribution in [2.75, 3.05) is 6.61 Å². The Balaban J connectivity index is 1.65. The molecule has 4 nitrogen and oxygen atoms in total. The number of fused-ring (bicyclic) bond motifs is 1. The van der Waals surface area contributed by atoms with Crippen LogP contribution in [0.4, 0.5) is 0 Å². The summed E-state index contributed by atoms with van der Waals surface area (Å²) in [6.07, 6.45) is 3.93. The normalized spacial score (nSPS) is 36.6. The van der Waals surface area contributed by atoms with Crippen molar-refractivity contribution in [1.82, 2.24) is 5.32 Å². The maximum Gasteiger partial charge on any atom is 0.220 e. The van der Waals surface area contributed by atoms with E-state index < -0.39 is 0 Å². The van der Waals surface area contributed by atoms with Gasteiger partial charge in [0.25, 0.3) is 0 Å². The van der Waals surface area contributed by atoms with Crippen LogP contribution in [-0.2, 0) is 9.53 Å². The lowest BCUT2D eigenvalue weighted by Gasteiger charge is -2.53. The Bertz CT molecular complexity index is 728. The SMILES string of the molecule is CC(C)CC(=O)N[C@@H]1C(C)(C)[C@@H]2C[C@@H]3[C@@H](c4cccc(O)c4)OCCC31C2. The van der Waals surface area contributed by atoms with E-state index in [0.717, 1.165) is 25.0 Å². The summed E-state index contributed by atoms with van der Waals surface area (Å²) in [5.74, 6) is 1.85. The fourth-order valence-corrected chi connectivity index (χ4v) is 6.41. The highest BCUT2D eigenvalue weighted by Crippen LogP contribution is 2.70. The standard InChI is InChI=1S/C23H33NO3/c1-14(2)10-19(26)24-21-22(3,4)16-12-18-20(15-6-5-7-17(25)11-15)27-9-8-23(18,21)13-16/h5-7,11,14,16,18,20-21,25H,8-10,12-13H2,1-4H3,(H,24,26)/t16-,18-,20-,21-,23?/m1/s1. The lowest BCUT2D eigenvalue weighted by Crippen LogP contribution is -2.59. The number of carbonyl (C=O) groups is 1. The summed E-state index contributed by atoms with van der Waals surface area (Å²) in [5, 5.41) is 13.4. The highest BCUT2D eigenvalue weighted by molar-refractivity contribution is 5.76. The molecule has 3 aliphatic rings. The van der Waals surface area contributed by atoms with Crippen molar-refractivity contribution in [1.29, 1.82) is 0 Å². The van der Waals surface area contributed by atoms with Crippen LogP contribution in [0.25, 0.3) is 0 Å². The van der Waals surface area contributed by atoms with E-state index >= 15 is 0 Å². The van der Waals surface area contributed by atoms with E-state index in [1.54, 1.807) is 6.07 Å². The number of phenols is 1. The first-order chi connectivity index (χ1) is 12.7. The number of nitrogens with one attached hydrogen (secondary N) is 1. The molecule has 1 aromatic carbocycles. The van der Waals surface area contributed by atoms with Crippen LogP contribution in [-0.4, -0.2) is 23.7 Å². The van der Waals surface area contributed by atoms with Crippen molar-refractivity contribution in [3.63, 3.8) is 0 Å². The smallest absolute Gasteiger partial charge is 0.220 e. The third kappa shape index (κ3) is 2.97. The second-order valence-electron chi connectivity index (χ2n) is 10.0. The Morgan fingerprint density at radius 2 is 2.15 bits per heavy atom. The highest BCUT2D eigenvalue weighted by Gasteiger charge is 2.68. The maximum atomic E-state index is 12.7. The molecule has 27 heavy (non-hydrogen) atoms. The van der Waals surface area contributed by atoms with Gasteiger partial charge in [0, 0.05) is 19.1 Å². The van der Waals surface area contributed by atoms with E-state index in [0.29, 0.717) is 29.9 Å². The molecule has 1 saturated heterocycles. The summed E-state index contributed by atoms with van der Waals surface area (Å²) >= 11 is 0. The van der Waals surface area contributed by atoms with Gasteiger partial charge in [0.1, 0.15) is 5.75 Å². The number of aromatic hydroxyl groups is 1. The molecule has 0 radical (unpaired) electrons. The van der Waals surface area contributed by atoms with Gasteiger partial charge in [-0.25, -0.2) is 0 Å². The van der Waals surface area contributed by atoms with E-state index in [9.17, 15) is 9.90 Å². The van der Waals surface area contributed by atoms with Crippen molar-refractivity contribution in [3.8, 4) is 5.75 Å². The zero-order chi connectivity index (χ0) is 19.4. The number of hydrogen-bond acceptors (Lipinski definition) is 3. The van der Waals surface area contributed by atoms with Crippen LogP contribution in [0.5, 0.6) is 5.75 Å². The van der Waals surface area contributed by atoms with Crippen LogP contribution in [0.1, 0.15) is 65.0 Å². The van der Waals surface area contributed by atoms with Gasteiger partial charge in [-0.2, -0.15) is 0 Å². The van der Waals surface area contributed by atoms with Crippen LogP contribution < -0.4 is 5.32 Å². The predicted octanol–water partition coefficient (Wildman–Crippen LogP) is 4.44. The van der Waals surface area contributed by atoms with Crippen LogP contribution in [0, 0.1) is 28.6 Å². The predicted molar refractivity (Wildman–Crippen MR) is 105 cm³/mol. The van der Waals surface area contributed by atoms with Crippen molar-refractivity contribution >= 4 is 5.91 Å². The Kier molecular flexibility index (Phi) is 4.53. The molecular formula is C23H33NO3.